The molecule has 1 heterocycles. The number of hydrogen-bond acceptors (Lipinski definition) is 4. The van der Waals surface area contributed by atoms with Crippen LogP contribution in [0.15, 0.2) is 60.8 Å². The molecule has 0 aliphatic heterocycles. The maximum Gasteiger partial charge on any atom is 0.416 e. The van der Waals surface area contributed by atoms with Crippen LogP contribution in [0, 0.1) is 6.92 Å². The van der Waals surface area contributed by atoms with Gasteiger partial charge in [-0.1, -0.05) is 29.8 Å². The summed E-state index contributed by atoms with van der Waals surface area (Å²) in [5.74, 6) is 0.926. The average Bonchev–Trinajstić information content (AvgIpc) is 2.60. The highest BCUT2D eigenvalue weighted by molar-refractivity contribution is 5.55. The van der Waals surface area contributed by atoms with Crippen LogP contribution in [-0.4, -0.2) is 9.97 Å². The highest BCUT2D eigenvalue weighted by Gasteiger charge is 2.29. The first-order valence-corrected chi connectivity index (χ1v) is 7.97. The van der Waals surface area contributed by atoms with Crippen LogP contribution in [0.25, 0.3) is 0 Å². The summed E-state index contributed by atoms with van der Waals surface area (Å²) in [5, 5.41) is 6.10. The van der Waals surface area contributed by atoms with Gasteiger partial charge in [0.25, 0.3) is 0 Å². The molecule has 0 aliphatic rings. The maximum absolute atomic E-state index is 12.6. The van der Waals surface area contributed by atoms with E-state index in [0.717, 1.165) is 17.7 Å². The molecule has 0 fully saturated rings. The molecule has 0 radical (unpaired) electrons. The van der Waals surface area contributed by atoms with Crippen molar-refractivity contribution in [3.05, 3.63) is 77.5 Å². The summed E-state index contributed by atoms with van der Waals surface area (Å²) in [5.41, 5.74) is 2.09. The molecule has 7 heteroatoms. The summed E-state index contributed by atoms with van der Waals surface area (Å²) in [4.78, 5) is 8.41. The fourth-order valence-corrected chi connectivity index (χ4v) is 2.40. The molecule has 0 aliphatic carbocycles. The quantitative estimate of drug-likeness (QED) is 0.661. The monoisotopic (exact) mass is 358 g/mol. The van der Waals surface area contributed by atoms with E-state index in [1.54, 1.807) is 12.3 Å². The Morgan fingerprint density at radius 2 is 1.77 bits per heavy atom. The Balaban J connectivity index is 1.65. The zero-order valence-electron chi connectivity index (χ0n) is 14.0. The molecule has 0 unspecified atom stereocenters. The van der Waals surface area contributed by atoms with E-state index < -0.39 is 11.7 Å². The van der Waals surface area contributed by atoms with Gasteiger partial charge in [-0.3, -0.25) is 0 Å². The number of benzene rings is 2. The van der Waals surface area contributed by atoms with E-state index in [1.165, 1.54) is 17.7 Å². The molecule has 0 bridgehead atoms. The fraction of sp³-hybridized carbons (Fsp3) is 0.158. The fourth-order valence-electron chi connectivity index (χ4n) is 2.40. The Kier molecular flexibility index (Phi) is 5.06. The summed E-state index contributed by atoms with van der Waals surface area (Å²) >= 11 is 0. The third-order valence-corrected chi connectivity index (χ3v) is 3.68. The van der Waals surface area contributed by atoms with Gasteiger partial charge in [-0.2, -0.15) is 18.2 Å². The Labute approximate surface area is 149 Å². The van der Waals surface area contributed by atoms with Gasteiger partial charge < -0.3 is 10.6 Å². The summed E-state index contributed by atoms with van der Waals surface area (Å²) in [6, 6.07) is 14.6. The number of alkyl halides is 3. The number of rotatable bonds is 5. The van der Waals surface area contributed by atoms with Crippen LogP contribution >= 0.6 is 0 Å². The Bertz CT molecular complexity index is 876. The summed E-state index contributed by atoms with van der Waals surface area (Å²) in [6.07, 6.45) is -2.77. The summed E-state index contributed by atoms with van der Waals surface area (Å²) < 4.78 is 37.8. The van der Waals surface area contributed by atoms with E-state index in [0.29, 0.717) is 24.0 Å². The van der Waals surface area contributed by atoms with E-state index >= 15 is 0 Å². The molecule has 2 N–H and O–H groups in total. The van der Waals surface area contributed by atoms with Crippen molar-refractivity contribution in [2.24, 2.45) is 0 Å². The second kappa shape index (κ2) is 7.43. The van der Waals surface area contributed by atoms with Gasteiger partial charge in [0.2, 0.25) is 5.95 Å². The Morgan fingerprint density at radius 3 is 2.46 bits per heavy atom. The van der Waals surface area contributed by atoms with E-state index in [4.69, 9.17) is 0 Å². The third-order valence-electron chi connectivity index (χ3n) is 3.68. The molecule has 0 amide bonds. The number of nitrogens with one attached hydrogen (secondary N) is 2. The molecule has 26 heavy (non-hydrogen) atoms. The first kappa shape index (κ1) is 17.7. The first-order chi connectivity index (χ1) is 12.4. The van der Waals surface area contributed by atoms with Crippen molar-refractivity contribution in [3.8, 4) is 0 Å². The van der Waals surface area contributed by atoms with Gasteiger partial charge in [0.15, 0.2) is 0 Å². The molecule has 0 saturated heterocycles. The minimum absolute atomic E-state index is 0.305. The molecular weight excluding hydrogens is 341 g/mol. The van der Waals surface area contributed by atoms with Crippen molar-refractivity contribution in [3.63, 3.8) is 0 Å². The molecule has 0 saturated carbocycles. The summed E-state index contributed by atoms with van der Waals surface area (Å²) in [7, 11) is 0. The molecule has 3 aromatic rings. The van der Waals surface area contributed by atoms with Gasteiger partial charge in [0, 0.05) is 18.4 Å². The second-order valence-corrected chi connectivity index (χ2v) is 5.81. The number of aryl methyl sites for hydroxylation is 1. The first-order valence-electron chi connectivity index (χ1n) is 7.97. The van der Waals surface area contributed by atoms with Gasteiger partial charge in [-0.15, -0.1) is 0 Å². The van der Waals surface area contributed by atoms with Crippen molar-refractivity contribution in [1.82, 2.24) is 9.97 Å². The van der Waals surface area contributed by atoms with E-state index in [2.05, 4.69) is 26.7 Å². The molecule has 1 aromatic heterocycles. The smallest absolute Gasteiger partial charge is 0.366 e. The third kappa shape index (κ3) is 4.72. The van der Waals surface area contributed by atoms with Crippen LogP contribution in [0.5, 0.6) is 0 Å². The SMILES string of the molecule is Cc1cccc(CNc2ccnc(Nc3ccc(C(F)(F)F)cc3)n2)c1. The number of aromatic nitrogens is 2. The van der Waals surface area contributed by atoms with Crippen molar-refractivity contribution >= 4 is 17.5 Å². The largest absolute Gasteiger partial charge is 0.416 e. The summed E-state index contributed by atoms with van der Waals surface area (Å²) in [6.45, 7) is 2.64. The van der Waals surface area contributed by atoms with Crippen LogP contribution < -0.4 is 10.6 Å². The Hall–Kier alpha value is -3.09. The van der Waals surface area contributed by atoms with Crippen LogP contribution in [0.4, 0.5) is 30.6 Å². The predicted octanol–water partition coefficient (Wildman–Crippen LogP) is 5.16. The Morgan fingerprint density at radius 1 is 1.00 bits per heavy atom. The van der Waals surface area contributed by atoms with E-state index in [-0.39, 0.29) is 0 Å². The molecule has 3 rings (SSSR count). The van der Waals surface area contributed by atoms with Gasteiger partial charge in [-0.05, 0) is 42.8 Å². The van der Waals surface area contributed by atoms with Crippen molar-refractivity contribution in [2.75, 3.05) is 10.6 Å². The lowest BCUT2D eigenvalue weighted by Crippen LogP contribution is -2.06. The van der Waals surface area contributed by atoms with Gasteiger partial charge >= 0.3 is 6.18 Å². The van der Waals surface area contributed by atoms with Crippen LogP contribution in [0.1, 0.15) is 16.7 Å². The standard InChI is InChI=1S/C19H17F3N4/c1-13-3-2-4-14(11-13)12-24-17-9-10-23-18(26-17)25-16-7-5-15(6-8-16)19(20,21)22/h2-11H,12H2,1H3,(H2,23,24,25,26). The van der Waals surface area contributed by atoms with Crippen molar-refractivity contribution < 1.29 is 13.2 Å². The molecule has 2 aromatic carbocycles. The van der Waals surface area contributed by atoms with Gasteiger partial charge in [0.05, 0.1) is 5.56 Å². The zero-order chi connectivity index (χ0) is 18.6. The lowest BCUT2D eigenvalue weighted by molar-refractivity contribution is -0.137. The van der Waals surface area contributed by atoms with Crippen LogP contribution in [0.2, 0.25) is 0 Å². The minimum Gasteiger partial charge on any atom is -0.366 e. The predicted molar refractivity (Wildman–Crippen MR) is 95.3 cm³/mol. The van der Waals surface area contributed by atoms with Crippen molar-refractivity contribution in [1.29, 1.82) is 0 Å². The molecule has 134 valence electrons. The van der Waals surface area contributed by atoms with Gasteiger partial charge in [-0.25, -0.2) is 4.98 Å². The molecule has 4 nitrogen and oxygen atoms in total. The highest BCUT2D eigenvalue weighted by atomic mass is 19.4. The van der Waals surface area contributed by atoms with Crippen molar-refractivity contribution in [2.45, 2.75) is 19.6 Å². The number of hydrogen-bond donors (Lipinski definition) is 2. The average molecular weight is 358 g/mol. The van der Waals surface area contributed by atoms with Crippen LogP contribution in [-0.2, 0) is 12.7 Å². The second-order valence-electron chi connectivity index (χ2n) is 5.81. The highest BCUT2D eigenvalue weighted by Crippen LogP contribution is 2.30. The molecule has 0 atom stereocenters. The number of nitrogens with zero attached hydrogens (tertiary/aromatic N) is 2. The minimum atomic E-state index is -4.35. The lowest BCUT2D eigenvalue weighted by Gasteiger charge is -2.10. The number of halogens is 3. The molecular formula is C19H17F3N4. The topological polar surface area (TPSA) is 49.8 Å². The van der Waals surface area contributed by atoms with E-state index in [1.807, 2.05) is 25.1 Å². The van der Waals surface area contributed by atoms with Gasteiger partial charge in [0.1, 0.15) is 5.82 Å². The van der Waals surface area contributed by atoms with Crippen LogP contribution in [0.3, 0.4) is 0 Å². The number of anilines is 3. The molecule has 0 spiro atoms. The van der Waals surface area contributed by atoms with E-state index in [9.17, 15) is 13.2 Å². The maximum atomic E-state index is 12.6. The zero-order valence-corrected chi connectivity index (χ0v) is 14.0. The lowest BCUT2D eigenvalue weighted by atomic mass is 10.1. The normalized spacial score (nSPS) is 11.2.